The van der Waals surface area contributed by atoms with Crippen LogP contribution in [0.5, 0.6) is 0 Å². The van der Waals surface area contributed by atoms with Gasteiger partial charge in [0.05, 0.1) is 12.3 Å². The van der Waals surface area contributed by atoms with Gasteiger partial charge in [-0.1, -0.05) is 60.3 Å². The number of hydrogen-bond acceptors (Lipinski definition) is 5. The van der Waals surface area contributed by atoms with Crippen molar-refractivity contribution in [2.24, 2.45) is 0 Å². The topological polar surface area (TPSA) is 72.7 Å². The van der Waals surface area contributed by atoms with Crippen LogP contribution in [0.1, 0.15) is 5.56 Å². The molecule has 0 spiro atoms. The Kier molecular flexibility index (Phi) is 6.14. The first-order valence-corrected chi connectivity index (χ1v) is 10.2. The second kappa shape index (κ2) is 9.32. The molecule has 0 saturated carbocycles. The lowest BCUT2D eigenvalue weighted by Crippen LogP contribution is -2.14. The lowest BCUT2D eigenvalue weighted by atomic mass is 10.2. The summed E-state index contributed by atoms with van der Waals surface area (Å²) in [6.45, 7) is 0.517. The van der Waals surface area contributed by atoms with Crippen LogP contribution in [0.2, 0.25) is 0 Å². The van der Waals surface area contributed by atoms with Gasteiger partial charge < -0.3 is 5.32 Å². The Bertz CT molecular complexity index is 1120. The molecular weight excluding hydrogens is 401 g/mol. The molecule has 0 aliphatic heterocycles. The minimum Gasteiger partial charge on any atom is -0.325 e. The van der Waals surface area contributed by atoms with E-state index in [9.17, 15) is 9.18 Å². The third-order valence-electron chi connectivity index (χ3n) is 4.28. The molecule has 2 aromatic carbocycles. The van der Waals surface area contributed by atoms with Crippen molar-refractivity contribution in [3.8, 4) is 11.4 Å². The minimum atomic E-state index is -0.556. The number of rotatable bonds is 7. The van der Waals surface area contributed by atoms with Crippen molar-refractivity contribution in [3.05, 3.63) is 90.5 Å². The Balaban J connectivity index is 1.55. The summed E-state index contributed by atoms with van der Waals surface area (Å²) in [6.07, 6.45) is 1.43. The van der Waals surface area contributed by atoms with Crippen molar-refractivity contribution in [2.45, 2.75) is 11.7 Å². The molecule has 0 aliphatic rings. The van der Waals surface area contributed by atoms with Crippen molar-refractivity contribution >= 4 is 23.4 Å². The number of thioether (sulfide) groups is 1. The first-order chi connectivity index (χ1) is 14.7. The fraction of sp³-hybridized carbons (Fsp3) is 0.0909. The van der Waals surface area contributed by atoms with Crippen LogP contribution < -0.4 is 5.32 Å². The van der Waals surface area contributed by atoms with E-state index in [1.807, 2.05) is 65.2 Å². The molecule has 0 saturated heterocycles. The average Bonchev–Trinajstić information content (AvgIpc) is 3.16. The monoisotopic (exact) mass is 419 g/mol. The van der Waals surface area contributed by atoms with Gasteiger partial charge in [-0.05, 0) is 29.8 Å². The predicted octanol–water partition coefficient (Wildman–Crippen LogP) is 4.26. The molecule has 30 heavy (non-hydrogen) atoms. The first kappa shape index (κ1) is 19.8. The van der Waals surface area contributed by atoms with E-state index < -0.39 is 5.95 Å². The summed E-state index contributed by atoms with van der Waals surface area (Å²) < 4.78 is 15.1. The summed E-state index contributed by atoms with van der Waals surface area (Å²) in [6, 6.07) is 22.1. The van der Waals surface area contributed by atoms with E-state index in [0.29, 0.717) is 23.1 Å². The van der Waals surface area contributed by atoms with Crippen molar-refractivity contribution in [1.29, 1.82) is 0 Å². The molecule has 150 valence electrons. The maximum atomic E-state index is 13.2. The van der Waals surface area contributed by atoms with E-state index in [2.05, 4.69) is 20.5 Å². The van der Waals surface area contributed by atoms with Crippen LogP contribution >= 0.6 is 11.8 Å². The summed E-state index contributed by atoms with van der Waals surface area (Å²) in [5.74, 6) is 0.0616. The summed E-state index contributed by atoms with van der Waals surface area (Å²) in [7, 11) is 0. The largest absolute Gasteiger partial charge is 0.325 e. The molecule has 1 N–H and O–H groups in total. The van der Waals surface area contributed by atoms with Gasteiger partial charge in [0, 0.05) is 17.4 Å². The number of para-hydroxylation sites is 1. The highest BCUT2D eigenvalue weighted by Gasteiger charge is 2.16. The van der Waals surface area contributed by atoms with Gasteiger partial charge in [-0.25, -0.2) is 4.98 Å². The number of nitrogens with one attached hydrogen (secondary N) is 1. The van der Waals surface area contributed by atoms with Gasteiger partial charge in [-0.2, -0.15) is 4.39 Å². The van der Waals surface area contributed by atoms with E-state index in [-0.39, 0.29) is 11.7 Å². The molecule has 0 radical (unpaired) electrons. The molecule has 4 aromatic rings. The zero-order chi connectivity index (χ0) is 20.8. The molecule has 8 heteroatoms. The van der Waals surface area contributed by atoms with Crippen LogP contribution in [0.25, 0.3) is 11.4 Å². The van der Waals surface area contributed by atoms with E-state index >= 15 is 0 Å². The van der Waals surface area contributed by atoms with E-state index in [0.717, 1.165) is 11.3 Å². The van der Waals surface area contributed by atoms with Crippen LogP contribution in [0.15, 0.2) is 84.1 Å². The van der Waals surface area contributed by atoms with E-state index in [4.69, 9.17) is 0 Å². The standard InChI is InChI=1S/C22H18FN5OS/c23-19-12-11-17(13-24-19)21-26-27-22(28(21)14-16-7-3-1-4-8-16)30-15-20(29)25-18-9-5-2-6-10-18/h1-13H,14-15H2,(H,25,29). The summed E-state index contributed by atoms with van der Waals surface area (Å²) in [5.41, 5.74) is 2.46. The normalized spacial score (nSPS) is 10.7. The molecule has 0 fully saturated rings. The maximum Gasteiger partial charge on any atom is 0.234 e. The molecule has 0 atom stereocenters. The number of anilines is 1. The maximum absolute atomic E-state index is 13.2. The molecule has 0 unspecified atom stereocenters. The Morgan fingerprint density at radius 2 is 1.70 bits per heavy atom. The number of benzene rings is 2. The lowest BCUT2D eigenvalue weighted by molar-refractivity contribution is -0.113. The smallest absolute Gasteiger partial charge is 0.234 e. The van der Waals surface area contributed by atoms with Gasteiger partial charge in [0.2, 0.25) is 11.9 Å². The van der Waals surface area contributed by atoms with Gasteiger partial charge in [-0.3, -0.25) is 9.36 Å². The number of nitrogens with zero attached hydrogens (tertiary/aromatic N) is 4. The Labute approximate surface area is 177 Å². The number of carbonyl (C=O) groups is 1. The highest BCUT2D eigenvalue weighted by molar-refractivity contribution is 7.99. The van der Waals surface area contributed by atoms with Gasteiger partial charge in [0.15, 0.2) is 11.0 Å². The third-order valence-corrected chi connectivity index (χ3v) is 5.24. The number of hydrogen-bond donors (Lipinski definition) is 1. The van der Waals surface area contributed by atoms with Crippen LogP contribution in [0.3, 0.4) is 0 Å². The molecule has 1 amide bonds. The Morgan fingerprint density at radius 3 is 2.40 bits per heavy atom. The second-order valence-corrected chi connectivity index (χ2v) is 7.39. The van der Waals surface area contributed by atoms with Gasteiger partial charge in [-0.15, -0.1) is 10.2 Å². The number of carbonyl (C=O) groups excluding carboxylic acids is 1. The molecule has 0 bridgehead atoms. The fourth-order valence-electron chi connectivity index (χ4n) is 2.87. The van der Waals surface area contributed by atoms with Crippen molar-refractivity contribution in [2.75, 3.05) is 11.1 Å². The highest BCUT2D eigenvalue weighted by Crippen LogP contribution is 2.25. The average molecular weight is 419 g/mol. The lowest BCUT2D eigenvalue weighted by Gasteiger charge is -2.10. The Morgan fingerprint density at radius 1 is 0.967 bits per heavy atom. The molecular formula is C22H18FN5OS. The van der Waals surface area contributed by atoms with Crippen molar-refractivity contribution < 1.29 is 9.18 Å². The quantitative estimate of drug-likeness (QED) is 0.358. The number of pyridine rings is 1. The molecule has 6 nitrogen and oxygen atoms in total. The van der Waals surface area contributed by atoms with Crippen LogP contribution in [0, 0.1) is 5.95 Å². The zero-order valence-corrected chi connectivity index (χ0v) is 16.7. The molecule has 0 aliphatic carbocycles. The summed E-state index contributed by atoms with van der Waals surface area (Å²) in [4.78, 5) is 16.0. The van der Waals surface area contributed by atoms with Crippen molar-refractivity contribution in [3.63, 3.8) is 0 Å². The van der Waals surface area contributed by atoms with Gasteiger partial charge in [0.25, 0.3) is 0 Å². The first-order valence-electron chi connectivity index (χ1n) is 9.26. The van der Waals surface area contributed by atoms with Crippen LogP contribution in [0.4, 0.5) is 10.1 Å². The highest BCUT2D eigenvalue weighted by atomic mass is 32.2. The SMILES string of the molecule is O=C(CSc1nnc(-c2ccc(F)nc2)n1Cc1ccccc1)Nc1ccccc1. The Hall–Kier alpha value is -3.52. The zero-order valence-electron chi connectivity index (χ0n) is 15.9. The number of aromatic nitrogens is 4. The van der Waals surface area contributed by atoms with Crippen LogP contribution in [-0.2, 0) is 11.3 Å². The summed E-state index contributed by atoms with van der Waals surface area (Å²) in [5, 5.41) is 12.0. The van der Waals surface area contributed by atoms with E-state index in [1.54, 1.807) is 6.07 Å². The van der Waals surface area contributed by atoms with Gasteiger partial charge in [0.1, 0.15) is 0 Å². The summed E-state index contributed by atoms with van der Waals surface area (Å²) >= 11 is 1.30. The second-order valence-electron chi connectivity index (χ2n) is 6.45. The van der Waals surface area contributed by atoms with Gasteiger partial charge >= 0.3 is 0 Å². The number of amides is 1. The fourth-order valence-corrected chi connectivity index (χ4v) is 3.61. The minimum absolute atomic E-state index is 0.134. The van der Waals surface area contributed by atoms with E-state index in [1.165, 1.54) is 24.0 Å². The van der Waals surface area contributed by atoms with Crippen molar-refractivity contribution in [1.82, 2.24) is 19.7 Å². The number of halogens is 1. The molecule has 4 rings (SSSR count). The molecule has 2 aromatic heterocycles. The predicted molar refractivity (Wildman–Crippen MR) is 115 cm³/mol. The van der Waals surface area contributed by atoms with Crippen LogP contribution in [-0.4, -0.2) is 31.4 Å². The molecule has 2 heterocycles. The third kappa shape index (κ3) is 4.90.